The molecule has 2 aromatic heterocycles. The summed E-state index contributed by atoms with van der Waals surface area (Å²) in [6.45, 7) is 3.98. The van der Waals surface area contributed by atoms with Crippen LogP contribution >= 0.6 is 0 Å². The highest BCUT2D eigenvalue weighted by atomic mass is 16.1. The first kappa shape index (κ1) is 25.3. The SMILES string of the molecule is O=c1[nH]n2c(NCCCN3CCc4ccccc4C3)nc(C34CC5CC(CC(C5)C3)C4)nc2c1Cc1ccccc1. The molecule has 4 bridgehead atoms. The Kier molecular flexibility index (Phi) is 6.24. The molecular formula is C34H40N6O. The Hall–Kier alpha value is -3.45. The van der Waals surface area contributed by atoms with Crippen molar-refractivity contribution < 1.29 is 0 Å². The van der Waals surface area contributed by atoms with Gasteiger partial charge in [0.15, 0.2) is 5.65 Å². The van der Waals surface area contributed by atoms with E-state index >= 15 is 0 Å². The lowest BCUT2D eigenvalue weighted by atomic mass is 9.49. The van der Waals surface area contributed by atoms with E-state index in [0.29, 0.717) is 6.42 Å². The summed E-state index contributed by atoms with van der Waals surface area (Å²) in [7, 11) is 0. The van der Waals surface area contributed by atoms with Crippen LogP contribution in [-0.4, -0.2) is 44.1 Å². The number of anilines is 1. The molecule has 0 amide bonds. The largest absolute Gasteiger partial charge is 0.354 e. The van der Waals surface area contributed by atoms with Crippen LogP contribution in [0.25, 0.3) is 5.65 Å². The molecule has 212 valence electrons. The van der Waals surface area contributed by atoms with E-state index in [-0.39, 0.29) is 11.0 Å². The first-order valence-electron chi connectivity index (χ1n) is 15.7. The molecule has 9 rings (SSSR count). The quantitative estimate of drug-likeness (QED) is 0.291. The summed E-state index contributed by atoms with van der Waals surface area (Å²) in [6.07, 6.45) is 10.5. The maximum atomic E-state index is 13.3. The van der Waals surface area contributed by atoms with Gasteiger partial charge >= 0.3 is 0 Å². The summed E-state index contributed by atoms with van der Waals surface area (Å²) in [4.78, 5) is 26.3. The van der Waals surface area contributed by atoms with Crippen molar-refractivity contribution in [2.24, 2.45) is 17.8 Å². The van der Waals surface area contributed by atoms with E-state index in [4.69, 9.17) is 9.97 Å². The molecule has 4 aliphatic carbocycles. The van der Waals surface area contributed by atoms with Gasteiger partial charge in [0.2, 0.25) is 5.95 Å². The standard InChI is InChI=1S/C34H40N6O/c41-31-29(18-23-7-2-1-3-8-23)30-36-32(34-19-24-15-25(20-34)17-26(16-24)21-34)37-33(40(30)38-31)35-12-6-13-39-14-11-27-9-4-5-10-28(27)22-39/h1-5,7-10,24-26H,6,11-22H2,(H,38,41)(H,35,36,37). The lowest BCUT2D eigenvalue weighted by Crippen LogP contribution is -2.49. The number of benzene rings is 2. The fourth-order valence-corrected chi connectivity index (χ4v) is 8.95. The van der Waals surface area contributed by atoms with Gasteiger partial charge in [-0.3, -0.25) is 14.8 Å². The van der Waals surface area contributed by atoms with Crippen LogP contribution in [0, 0.1) is 17.8 Å². The highest BCUT2D eigenvalue weighted by Crippen LogP contribution is 2.60. The molecule has 4 aromatic rings. The molecule has 4 saturated carbocycles. The zero-order chi connectivity index (χ0) is 27.4. The predicted octanol–water partition coefficient (Wildman–Crippen LogP) is 5.34. The van der Waals surface area contributed by atoms with E-state index in [1.807, 2.05) is 22.7 Å². The fraction of sp³-hybridized carbons (Fsp3) is 0.500. The lowest BCUT2D eigenvalue weighted by molar-refractivity contribution is -0.00930. The van der Waals surface area contributed by atoms with Gasteiger partial charge in [0.05, 0.1) is 5.56 Å². The van der Waals surface area contributed by atoms with Crippen molar-refractivity contribution in [2.75, 3.05) is 25.0 Å². The van der Waals surface area contributed by atoms with Crippen molar-refractivity contribution >= 4 is 11.6 Å². The molecule has 2 N–H and O–H groups in total. The number of aromatic amines is 1. The molecule has 0 radical (unpaired) electrons. The molecule has 1 aliphatic heterocycles. The Morgan fingerprint density at radius 3 is 2.37 bits per heavy atom. The van der Waals surface area contributed by atoms with Crippen molar-refractivity contribution in [3.8, 4) is 0 Å². The topological polar surface area (TPSA) is 78.3 Å². The predicted molar refractivity (Wildman–Crippen MR) is 161 cm³/mol. The van der Waals surface area contributed by atoms with Gasteiger partial charge in [-0.2, -0.15) is 4.98 Å². The van der Waals surface area contributed by atoms with Crippen molar-refractivity contribution in [1.29, 1.82) is 0 Å². The number of nitrogens with one attached hydrogen (secondary N) is 2. The second kappa shape index (κ2) is 10.1. The zero-order valence-electron chi connectivity index (χ0n) is 23.8. The first-order valence-corrected chi connectivity index (χ1v) is 15.7. The molecule has 0 unspecified atom stereocenters. The Balaban J connectivity index is 1.08. The van der Waals surface area contributed by atoms with E-state index in [2.05, 4.69) is 51.7 Å². The van der Waals surface area contributed by atoms with Crippen LogP contribution in [-0.2, 0) is 24.8 Å². The summed E-state index contributed by atoms with van der Waals surface area (Å²) in [5.41, 5.74) is 5.55. The van der Waals surface area contributed by atoms with Gasteiger partial charge in [-0.05, 0) is 85.8 Å². The third kappa shape index (κ3) is 4.68. The van der Waals surface area contributed by atoms with Crippen LogP contribution in [0.15, 0.2) is 59.4 Å². The third-order valence-electron chi connectivity index (χ3n) is 10.5. The van der Waals surface area contributed by atoms with Crippen LogP contribution in [0.5, 0.6) is 0 Å². The highest BCUT2D eigenvalue weighted by Gasteiger charge is 2.53. The van der Waals surface area contributed by atoms with Crippen molar-refractivity contribution in [1.82, 2.24) is 24.5 Å². The molecule has 5 aliphatic rings. The van der Waals surface area contributed by atoms with Crippen LogP contribution < -0.4 is 10.9 Å². The molecule has 2 aromatic carbocycles. The number of nitrogens with zero attached hydrogens (tertiary/aromatic N) is 4. The monoisotopic (exact) mass is 548 g/mol. The molecule has 7 nitrogen and oxygen atoms in total. The first-order chi connectivity index (χ1) is 20.1. The van der Waals surface area contributed by atoms with E-state index in [0.717, 1.165) is 85.3 Å². The molecule has 3 heterocycles. The van der Waals surface area contributed by atoms with E-state index in [1.54, 1.807) is 0 Å². The van der Waals surface area contributed by atoms with Crippen molar-refractivity contribution in [3.63, 3.8) is 0 Å². The Labute approximate surface area is 241 Å². The van der Waals surface area contributed by atoms with Crippen molar-refractivity contribution in [3.05, 3.63) is 93.0 Å². The van der Waals surface area contributed by atoms with Crippen LogP contribution in [0.3, 0.4) is 0 Å². The van der Waals surface area contributed by atoms with E-state index in [9.17, 15) is 4.79 Å². The van der Waals surface area contributed by atoms with Crippen LogP contribution in [0.4, 0.5) is 5.95 Å². The van der Waals surface area contributed by atoms with E-state index in [1.165, 1.54) is 49.7 Å². The summed E-state index contributed by atoms with van der Waals surface area (Å²) in [5, 5.41) is 6.72. The maximum Gasteiger partial charge on any atom is 0.270 e. The number of hydrogen-bond donors (Lipinski definition) is 2. The maximum absolute atomic E-state index is 13.3. The summed E-state index contributed by atoms with van der Waals surface area (Å²) in [6, 6.07) is 19.1. The number of hydrogen-bond acceptors (Lipinski definition) is 5. The van der Waals surface area contributed by atoms with Gasteiger partial charge in [0.1, 0.15) is 5.82 Å². The second-order valence-electron chi connectivity index (χ2n) is 13.4. The average molecular weight is 549 g/mol. The average Bonchev–Trinajstić information content (AvgIpc) is 3.29. The number of fused-ring (bicyclic) bond motifs is 2. The van der Waals surface area contributed by atoms with Crippen LogP contribution in [0.2, 0.25) is 0 Å². The zero-order valence-corrected chi connectivity index (χ0v) is 23.8. The van der Waals surface area contributed by atoms with Gasteiger partial charge in [0, 0.05) is 38.0 Å². The van der Waals surface area contributed by atoms with E-state index < -0.39 is 0 Å². The summed E-state index contributed by atoms with van der Waals surface area (Å²) >= 11 is 0. The van der Waals surface area contributed by atoms with Gasteiger partial charge < -0.3 is 5.32 Å². The fourth-order valence-electron chi connectivity index (χ4n) is 8.95. The minimum Gasteiger partial charge on any atom is -0.354 e. The third-order valence-corrected chi connectivity index (χ3v) is 10.5. The Morgan fingerprint density at radius 1 is 0.902 bits per heavy atom. The van der Waals surface area contributed by atoms with Gasteiger partial charge in [-0.25, -0.2) is 9.50 Å². The Bertz CT molecular complexity index is 1590. The van der Waals surface area contributed by atoms with Crippen molar-refractivity contribution in [2.45, 2.75) is 69.7 Å². The minimum atomic E-state index is -0.0687. The second-order valence-corrected chi connectivity index (χ2v) is 13.4. The molecule has 0 saturated heterocycles. The Morgan fingerprint density at radius 2 is 1.61 bits per heavy atom. The van der Waals surface area contributed by atoms with Gasteiger partial charge in [-0.1, -0.05) is 54.6 Å². The number of aromatic nitrogens is 4. The molecule has 0 spiro atoms. The summed E-state index contributed by atoms with van der Waals surface area (Å²) in [5.74, 6) is 4.14. The molecular weight excluding hydrogens is 508 g/mol. The minimum absolute atomic E-state index is 0.0610. The summed E-state index contributed by atoms with van der Waals surface area (Å²) < 4.78 is 1.82. The smallest absolute Gasteiger partial charge is 0.270 e. The normalized spacial score (nSPS) is 26.9. The number of H-pyrrole nitrogens is 1. The highest BCUT2D eigenvalue weighted by molar-refractivity contribution is 5.53. The molecule has 4 fully saturated rings. The number of rotatable bonds is 8. The lowest BCUT2D eigenvalue weighted by Gasteiger charge is -2.55. The molecule has 7 heteroatoms. The van der Waals surface area contributed by atoms with Gasteiger partial charge in [0.25, 0.3) is 5.56 Å². The van der Waals surface area contributed by atoms with Crippen LogP contribution in [0.1, 0.15) is 73.0 Å². The van der Waals surface area contributed by atoms with Gasteiger partial charge in [-0.15, -0.1) is 0 Å². The molecule has 41 heavy (non-hydrogen) atoms. The molecule has 0 atom stereocenters.